The fraction of sp³-hybridized carbons (Fsp3) is 0.467. The number of ether oxygens (including phenoxy) is 3. The van der Waals surface area contributed by atoms with E-state index in [9.17, 15) is 14.4 Å². The molecule has 0 radical (unpaired) electrons. The number of hydrogen-bond donors (Lipinski definition) is 0. The summed E-state index contributed by atoms with van der Waals surface area (Å²) in [5.41, 5.74) is 35.4. The molecule has 0 bridgehead atoms. The van der Waals surface area contributed by atoms with Crippen LogP contribution in [-0.4, -0.2) is 56.2 Å². The first-order valence-corrected chi connectivity index (χ1v) is 37.0. The van der Waals surface area contributed by atoms with Crippen molar-refractivity contribution in [2.24, 2.45) is 0 Å². The van der Waals surface area contributed by atoms with Crippen molar-refractivity contribution in [3.63, 3.8) is 0 Å². The SMILES string of the molecule is C=[C-]C(=O)OC.CC1[CH-]O1.CCC.CCCC.CCc1c(C)c(C)c(-c2c(C)c(C)c(CC)c(C)c2C)c(C)c1C.CCc1ccc(CC)c(C)c1C.CCc1ccc2c(c1)C(C)(C)c1cc(CC)ccc1-2.CCc1ccc2cc(CC)ccc2c1.CN1C(=O)C=CC1=O.C[C-]1COC1.[W].[W].[W]. The summed E-state index contributed by atoms with van der Waals surface area (Å²) in [6.07, 6.45) is 17.8. The molecule has 2 saturated heterocycles. The molecule has 3 aliphatic heterocycles. The van der Waals surface area contributed by atoms with E-state index in [0.29, 0.717) is 6.10 Å². The first kappa shape index (κ1) is 98.9. The molecule has 0 aromatic heterocycles. The van der Waals surface area contributed by atoms with Crippen LogP contribution >= 0.6 is 0 Å². The zero-order valence-electron chi connectivity index (χ0n) is 68.4. The van der Waals surface area contributed by atoms with E-state index in [1.807, 2.05) is 13.0 Å². The van der Waals surface area contributed by atoms with E-state index in [-0.39, 0.29) is 80.4 Å². The molecule has 10 heteroatoms. The topological polar surface area (TPSA) is 85.4 Å². The summed E-state index contributed by atoms with van der Waals surface area (Å²) in [4.78, 5) is 31.6. The Morgan fingerprint density at radius 3 is 1.01 bits per heavy atom. The van der Waals surface area contributed by atoms with Crippen LogP contribution in [0, 0.1) is 87.8 Å². The summed E-state index contributed by atoms with van der Waals surface area (Å²) in [6.45, 7) is 64.8. The van der Waals surface area contributed by atoms with Gasteiger partial charge < -0.3 is 20.3 Å². The zero-order valence-corrected chi connectivity index (χ0v) is 77.2. The molecule has 1 unspecified atom stereocenters. The number of likely N-dealkylation sites (N-methyl/N-ethyl adjacent to an activating group) is 1. The summed E-state index contributed by atoms with van der Waals surface area (Å²) in [6, 6.07) is 32.0. The van der Waals surface area contributed by atoms with Gasteiger partial charge in [-0.2, -0.15) is 13.5 Å². The minimum absolute atomic E-state index is 0. The monoisotopic (exact) mass is 1900 g/mol. The fourth-order valence-corrected chi connectivity index (χ4v) is 12.3. The predicted molar refractivity (Wildman–Crippen MR) is 428 cm³/mol. The van der Waals surface area contributed by atoms with Crippen LogP contribution in [0.3, 0.4) is 0 Å². The van der Waals surface area contributed by atoms with Gasteiger partial charge >= 0.3 is 0 Å². The first-order valence-electron chi connectivity index (χ1n) is 37.0. The van der Waals surface area contributed by atoms with Crippen molar-refractivity contribution in [1.82, 2.24) is 4.90 Å². The molecular formula is C92H130NO6W3-3. The van der Waals surface area contributed by atoms with Crippen LogP contribution in [0.25, 0.3) is 33.0 Å². The minimum Gasteiger partial charge on any atom is -0.570 e. The molecule has 11 rings (SSSR count). The third-order valence-electron chi connectivity index (χ3n) is 19.7. The molecule has 7 aromatic rings. The second-order valence-electron chi connectivity index (χ2n) is 26.9. The van der Waals surface area contributed by atoms with Gasteiger partial charge in [-0.25, -0.2) is 0 Å². The number of aryl methyl sites for hydroxylation is 6. The van der Waals surface area contributed by atoms with Crippen molar-refractivity contribution in [2.75, 3.05) is 27.4 Å². The van der Waals surface area contributed by atoms with Crippen molar-refractivity contribution >= 4 is 28.6 Å². The van der Waals surface area contributed by atoms with Gasteiger partial charge in [0.15, 0.2) is 0 Å². The Morgan fingerprint density at radius 1 is 0.520 bits per heavy atom. The molecule has 3 heterocycles. The second kappa shape index (κ2) is 50.4. The number of hydrogen-bond acceptors (Lipinski definition) is 6. The third-order valence-corrected chi connectivity index (χ3v) is 19.7. The van der Waals surface area contributed by atoms with Gasteiger partial charge in [0.25, 0.3) is 11.8 Å². The number of methoxy groups -OCH3 is 1. The number of imide groups is 1. The summed E-state index contributed by atoms with van der Waals surface area (Å²) in [7, 11) is 2.73. The van der Waals surface area contributed by atoms with Gasteiger partial charge in [0.05, 0.1) is 7.11 Å². The summed E-state index contributed by atoms with van der Waals surface area (Å²) in [5.74, 6) is 0.463. The largest absolute Gasteiger partial charge is 0.570 e. The Morgan fingerprint density at radius 2 is 0.814 bits per heavy atom. The van der Waals surface area contributed by atoms with E-state index in [4.69, 9.17) is 4.74 Å². The van der Waals surface area contributed by atoms with E-state index >= 15 is 0 Å². The molecule has 0 spiro atoms. The Labute approximate surface area is 665 Å². The molecule has 0 N–H and O–H groups in total. The van der Waals surface area contributed by atoms with E-state index in [1.165, 1.54) is 196 Å². The minimum atomic E-state index is -0.519. The zero-order chi connectivity index (χ0) is 75.0. The van der Waals surface area contributed by atoms with E-state index in [1.54, 1.807) is 6.61 Å². The van der Waals surface area contributed by atoms with Crippen LogP contribution in [0.5, 0.6) is 0 Å². The number of esters is 1. The smallest absolute Gasteiger partial charge is 0.253 e. The van der Waals surface area contributed by atoms with Crippen LogP contribution in [-0.2, 0) is 149 Å². The molecule has 2 amide bonds. The van der Waals surface area contributed by atoms with Crippen LogP contribution in [0.1, 0.15) is 241 Å². The van der Waals surface area contributed by atoms with Gasteiger partial charge in [0, 0.05) is 87.8 Å². The standard InChI is InChI=1S/C24H34.C19H22.C14H16.C12H18.C5H5NO2.C4H5O2.C4H7O.C4H10.C3H5O.C3H8.3W/c1-11-21-13(3)17(7)23(18(8)14(21)4)24-19(9)15(5)22(12-2)16(6)20(24)10;1-5-13-7-9-15-16-10-8-14(6-2)12-18(16)19(3,4)17(15)11-13;1-3-11-5-7-14-10-12(4-2)6-8-13(14)9-11;1-5-11-7-8-12(6-2)10(4)9(11)3;1-6-4(7)2-3-5(6)8;1-3-4(5)6-2;1-4-2-5-3-4;1-3-4-2;1-3-2-4-3;1-3-2;;;/h11-12H2,1-10H3;7-12H,5-6H2,1-4H3;5-10H,3-4H2,1-2H3;7-8H,5-6H2,1-4H3;2-3H,1H3;1H2,2H3;2-3H2,1H3;3-4H2,1-2H3;2-3H,1H3;3H2,1-2H3;;;/q;;;;;2*-1;;-1;;;;. The van der Waals surface area contributed by atoms with Crippen LogP contribution in [0.2, 0.25) is 0 Å². The molecule has 1 aliphatic carbocycles. The van der Waals surface area contributed by atoms with Gasteiger partial charge in [-0.3, -0.25) is 31.8 Å². The van der Waals surface area contributed by atoms with Gasteiger partial charge in [-0.15, -0.1) is 0 Å². The predicted octanol–water partition coefficient (Wildman–Crippen LogP) is 23.5. The maximum atomic E-state index is 10.4. The second-order valence-corrected chi connectivity index (χ2v) is 26.9. The van der Waals surface area contributed by atoms with Crippen LogP contribution in [0.4, 0.5) is 0 Å². The summed E-state index contributed by atoms with van der Waals surface area (Å²) >= 11 is 0. The molecule has 4 aliphatic rings. The molecule has 0 saturated carbocycles. The van der Waals surface area contributed by atoms with E-state index in [0.717, 1.165) is 69.5 Å². The Hall–Kier alpha value is -5.13. The number of carbonyl (C=O) groups excluding carboxylic acids is 3. The number of epoxide rings is 1. The average molecular weight is 1900 g/mol. The molecular weight excluding hydrogens is 1770 g/mol. The quantitative estimate of drug-likeness (QED) is 0.0422. The van der Waals surface area contributed by atoms with Gasteiger partial charge in [0.1, 0.15) is 5.97 Å². The average Bonchev–Trinajstić information content (AvgIpc) is 1.35. The van der Waals surface area contributed by atoms with Crippen molar-refractivity contribution < 1.29 is 91.8 Å². The molecule has 7 nitrogen and oxygen atoms in total. The van der Waals surface area contributed by atoms with Crippen molar-refractivity contribution in [2.45, 2.75) is 262 Å². The number of rotatable bonds is 11. The van der Waals surface area contributed by atoms with E-state index < -0.39 is 5.97 Å². The van der Waals surface area contributed by atoms with Gasteiger partial charge in [-0.1, -0.05) is 227 Å². The van der Waals surface area contributed by atoms with Gasteiger partial charge in [-0.05, 0) is 265 Å². The Balaban J connectivity index is 0. The number of benzene rings is 7. The van der Waals surface area contributed by atoms with Crippen molar-refractivity contribution in [1.29, 1.82) is 0 Å². The summed E-state index contributed by atoms with van der Waals surface area (Å²) in [5, 5.41) is 2.73. The summed E-state index contributed by atoms with van der Waals surface area (Å²) < 4.78 is 13.5. The molecule has 560 valence electrons. The van der Waals surface area contributed by atoms with Crippen molar-refractivity contribution in [3.8, 4) is 22.3 Å². The normalized spacial score (nSPS) is 13.3. The number of unbranched alkanes of at least 4 members (excludes halogenated alkanes) is 1. The molecule has 2 fully saturated rings. The number of amides is 2. The first-order chi connectivity index (χ1) is 46.9. The fourth-order valence-electron chi connectivity index (χ4n) is 12.3. The van der Waals surface area contributed by atoms with E-state index in [2.05, 4.69) is 274 Å². The van der Waals surface area contributed by atoms with Crippen LogP contribution in [0.15, 0.2) is 104 Å². The third kappa shape index (κ3) is 28.6. The van der Waals surface area contributed by atoms with Crippen molar-refractivity contribution in [3.05, 3.63) is 234 Å². The Kier molecular flexibility index (Phi) is 48.9. The van der Waals surface area contributed by atoms with Crippen LogP contribution < -0.4 is 0 Å². The number of carbonyl (C=O) groups is 3. The number of fused-ring (bicyclic) bond motifs is 4. The molecule has 1 atom stereocenters. The molecule has 7 aromatic carbocycles. The maximum Gasteiger partial charge on any atom is 0.253 e. The number of nitrogens with zero attached hydrogens (tertiary/aromatic N) is 1. The Bertz CT molecular complexity index is 3500. The van der Waals surface area contributed by atoms with Gasteiger partial charge in [0.2, 0.25) is 0 Å². The maximum absolute atomic E-state index is 10.4. The molecule has 102 heavy (non-hydrogen) atoms.